The second-order valence-corrected chi connectivity index (χ2v) is 9.12. The Morgan fingerprint density at radius 1 is 1.31 bits per heavy atom. The second-order valence-electron chi connectivity index (χ2n) is 7.32. The number of piperidine rings is 1. The van der Waals surface area contributed by atoms with Crippen molar-refractivity contribution in [2.75, 3.05) is 12.3 Å². The number of carbonyl (C=O) groups is 1. The maximum atomic E-state index is 13.2. The summed E-state index contributed by atoms with van der Waals surface area (Å²) in [5.41, 5.74) is 1.39. The number of likely N-dealkylation sites (tertiary alicyclic amines) is 1. The number of carbonyl (C=O) groups excluding carboxylic acids is 1. The zero-order chi connectivity index (χ0) is 20.5. The van der Waals surface area contributed by atoms with Crippen molar-refractivity contribution in [3.63, 3.8) is 0 Å². The van der Waals surface area contributed by atoms with Gasteiger partial charge in [-0.15, -0.1) is 11.3 Å². The van der Waals surface area contributed by atoms with Gasteiger partial charge in [-0.3, -0.25) is 14.2 Å². The smallest absolute Gasteiger partial charge is 0.263 e. The second kappa shape index (κ2) is 8.28. The van der Waals surface area contributed by atoms with Gasteiger partial charge < -0.3 is 4.90 Å². The minimum Gasteiger partial charge on any atom is -0.339 e. The standard InChI is InChI=1S/C21H22FN3O2S2/c1-13-5-3-4-10-25(13)17(26)12-29-21-23-19-18(20(27)24(21)2)16(11-28-19)14-6-8-15(22)9-7-14/h6-9,11,13H,3-5,10,12H2,1-2H3. The molecule has 0 radical (unpaired) electrons. The normalized spacial score (nSPS) is 17.1. The van der Waals surface area contributed by atoms with Crippen molar-refractivity contribution >= 4 is 39.2 Å². The molecule has 1 aromatic carbocycles. The zero-order valence-electron chi connectivity index (χ0n) is 16.4. The number of nitrogens with zero attached hydrogens (tertiary/aromatic N) is 3. The summed E-state index contributed by atoms with van der Waals surface area (Å²) >= 11 is 2.69. The number of hydrogen-bond donors (Lipinski definition) is 0. The largest absolute Gasteiger partial charge is 0.339 e. The highest BCUT2D eigenvalue weighted by Gasteiger charge is 2.24. The molecule has 1 aliphatic heterocycles. The van der Waals surface area contributed by atoms with Crippen LogP contribution in [0.1, 0.15) is 26.2 Å². The number of aromatic nitrogens is 2. The van der Waals surface area contributed by atoms with E-state index in [0.717, 1.165) is 30.5 Å². The van der Waals surface area contributed by atoms with Crippen molar-refractivity contribution in [2.24, 2.45) is 7.05 Å². The number of benzene rings is 1. The monoisotopic (exact) mass is 431 g/mol. The SMILES string of the molecule is CC1CCCCN1C(=O)CSc1nc2scc(-c3ccc(F)cc3)c2c(=O)n1C. The van der Waals surface area contributed by atoms with Gasteiger partial charge in [0.1, 0.15) is 10.6 Å². The van der Waals surface area contributed by atoms with Crippen molar-refractivity contribution in [2.45, 2.75) is 37.4 Å². The maximum absolute atomic E-state index is 13.2. The molecule has 1 aliphatic rings. The van der Waals surface area contributed by atoms with Gasteiger partial charge in [-0.1, -0.05) is 23.9 Å². The van der Waals surface area contributed by atoms with Crippen molar-refractivity contribution in [3.05, 3.63) is 45.8 Å². The summed E-state index contributed by atoms with van der Waals surface area (Å²) in [5.74, 6) is 0.0483. The number of fused-ring (bicyclic) bond motifs is 1. The third-order valence-electron chi connectivity index (χ3n) is 5.38. The molecule has 152 valence electrons. The summed E-state index contributed by atoms with van der Waals surface area (Å²) in [4.78, 5) is 32.8. The lowest BCUT2D eigenvalue weighted by molar-refractivity contribution is -0.131. The van der Waals surface area contributed by atoms with E-state index in [1.54, 1.807) is 19.2 Å². The lowest BCUT2D eigenvalue weighted by Gasteiger charge is -2.33. The molecule has 1 saturated heterocycles. The molecule has 1 unspecified atom stereocenters. The lowest BCUT2D eigenvalue weighted by atomic mass is 10.0. The fraction of sp³-hybridized carbons (Fsp3) is 0.381. The molecule has 8 heteroatoms. The van der Waals surface area contributed by atoms with Gasteiger partial charge in [-0.2, -0.15) is 0 Å². The van der Waals surface area contributed by atoms with Crippen LogP contribution in [0.3, 0.4) is 0 Å². The van der Waals surface area contributed by atoms with Crippen molar-refractivity contribution < 1.29 is 9.18 Å². The van der Waals surface area contributed by atoms with Crippen LogP contribution in [0.25, 0.3) is 21.3 Å². The molecule has 3 aromatic rings. The third kappa shape index (κ3) is 3.96. The Kier molecular flexibility index (Phi) is 5.74. The molecule has 5 nitrogen and oxygen atoms in total. The number of amides is 1. The van der Waals surface area contributed by atoms with Gasteiger partial charge in [-0.05, 0) is 43.9 Å². The molecule has 3 heterocycles. The minimum absolute atomic E-state index is 0.0923. The van der Waals surface area contributed by atoms with Crippen LogP contribution in [0, 0.1) is 5.82 Å². The van der Waals surface area contributed by atoms with Crippen molar-refractivity contribution in [3.8, 4) is 11.1 Å². The van der Waals surface area contributed by atoms with Gasteiger partial charge in [0.25, 0.3) is 5.56 Å². The quantitative estimate of drug-likeness (QED) is 0.457. The molecule has 29 heavy (non-hydrogen) atoms. The fourth-order valence-corrected chi connectivity index (χ4v) is 5.55. The first-order chi connectivity index (χ1) is 14.0. The van der Waals surface area contributed by atoms with Gasteiger partial charge >= 0.3 is 0 Å². The molecule has 1 atom stereocenters. The molecule has 0 spiro atoms. The van der Waals surface area contributed by atoms with Gasteiger partial charge in [0.2, 0.25) is 5.91 Å². The zero-order valence-corrected chi connectivity index (χ0v) is 18.0. The average molecular weight is 432 g/mol. The van der Waals surface area contributed by atoms with E-state index in [4.69, 9.17) is 0 Å². The van der Waals surface area contributed by atoms with Gasteiger partial charge in [0, 0.05) is 30.6 Å². The van der Waals surface area contributed by atoms with Crippen LogP contribution < -0.4 is 5.56 Å². The molecule has 2 aromatic heterocycles. The van der Waals surface area contributed by atoms with E-state index in [0.29, 0.717) is 15.4 Å². The number of hydrogen-bond acceptors (Lipinski definition) is 5. The van der Waals surface area contributed by atoms with Crippen LogP contribution in [0.15, 0.2) is 39.6 Å². The molecule has 1 fully saturated rings. The van der Waals surface area contributed by atoms with Crippen LogP contribution in [0.4, 0.5) is 4.39 Å². The Morgan fingerprint density at radius 2 is 2.07 bits per heavy atom. The Hall–Kier alpha value is -2.19. The van der Waals surface area contributed by atoms with Crippen LogP contribution >= 0.6 is 23.1 Å². The Labute approximate surface area is 176 Å². The topological polar surface area (TPSA) is 55.2 Å². The highest BCUT2D eigenvalue weighted by molar-refractivity contribution is 7.99. The number of thiophene rings is 1. The first-order valence-electron chi connectivity index (χ1n) is 9.62. The summed E-state index contributed by atoms with van der Waals surface area (Å²) in [7, 11) is 1.68. The van der Waals surface area contributed by atoms with Crippen LogP contribution in [-0.4, -0.2) is 38.7 Å². The number of thioether (sulfide) groups is 1. The van der Waals surface area contributed by atoms with Crippen LogP contribution in [0.2, 0.25) is 0 Å². The summed E-state index contributed by atoms with van der Waals surface area (Å²) in [6.45, 7) is 2.89. The van der Waals surface area contributed by atoms with E-state index >= 15 is 0 Å². The molecule has 1 amide bonds. The van der Waals surface area contributed by atoms with E-state index in [1.807, 2.05) is 10.3 Å². The van der Waals surface area contributed by atoms with E-state index in [9.17, 15) is 14.0 Å². The first-order valence-corrected chi connectivity index (χ1v) is 11.5. The van der Waals surface area contributed by atoms with Crippen LogP contribution in [0.5, 0.6) is 0 Å². The summed E-state index contributed by atoms with van der Waals surface area (Å²) in [6.07, 6.45) is 3.25. The Bertz CT molecular complexity index is 1110. The number of rotatable bonds is 4. The van der Waals surface area contributed by atoms with Gasteiger partial charge in [0.05, 0.1) is 11.1 Å². The number of halogens is 1. The van der Waals surface area contributed by atoms with E-state index in [2.05, 4.69) is 11.9 Å². The van der Waals surface area contributed by atoms with Crippen molar-refractivity contribution in [1.82, 2.24) is 14.5 Å². The molecule has 0 bridgehead atoms. The maximum Gasteiger partial charge on any atom is 0.263 e. The van der Waals surface area contributed by atoms with E-state index < -0.39 is 0 Å². The van der Waals surface area contributed by atoms with Crippen LogP contribution in [-0.2, 0) is 11.8 Å². The first kappa shape index (κ1) is 20.1. The predicted octanol–water partition coefficient (Wildman–Crippen LogP) is 4.29. The predicted molar refractivity (Wildman–Crippen MR) is 116 cm³/mol. The van der Waals surface area contributed by atoms with E-state index in [-0.39, 0.29) is 29.1 Å². The van der Waals surface area contributed by atoms with Gasteiger partial charge in [-0.25, -0.2) is 9.37 Å². The Morgan fingerprint density at radius 3 is 2.79 bits per heavy atom. The molecule has 4 rings (SSSR count). The van der Waals surface area contributed by atoms with E-state index in [1.165, 1.54) is 46.2 Å². The summed E-state index contributed by atoms with van der Waals surface area (Å²) < 4.78 is 14.7. The summed E-state index contributed by atoms with van der Waals surface area (Å²) in [5, 5.41) is 2.94. The Balaban J connectivity index is 1.60. The molecular weight excluding hydrogens is 409 g/mol. The highest BCUT2D eigenvalue weighted by atomic mass is 32.2. The third-order valence-corrected chi connectivity index (χ3v) is 7.26. The molecular formula is C21H22FN3O2S2. The molecule has 0 aliphatic carbocycles. The minimum atomic E-state index is -0.314. The molecule has 0 N–H and O–H groups in total. The highest BCUT2D eigenvalue weighted by Crippen LogP contribution is 2.32. The fourth-order valence-electron chi connectivity index (χ4n) is 3.70. The lowest BCUT2D eigenvalue weighted by Crippen LogP contribution is -2.43. The van der Waals surface area contributed by atoms with Gasteiger partial charge in [0.15, 0.2) is 5.16 Å². The average Bonchev–Trinajstić information content (AvgIpc) is 3.14. The van der Waals surface area contributed by atoms with Crippen molar-refractivity contribution in [1.29, 1.82) is 0 Å². The summed E-state index contributed by atoms with van der Waals surface area (Å²) in [6, 6.07) is 6.36. The molecule has 0 saturated carbocycles.